The number of aryl methyl sites for hydroxylation is 1. The van der Waals surface area contributed by atoms with Gasteiger partial charge in [-0.1, -0.05) is 64.1 Å². The van der Waals surface area contributed by atoms with Crippen LogP contribution in [0.15, 0.2) is 60.9 Å². The lowest BCUT2D eigenvalue weighted by Crippen LogP contribution is -1.91. The highest BCUT2D eigenvalue weighted by Gasteiger charge is 1.94. The van der Waals surface area contributed by atoms with E-state index in [1.165, 1.54) is 5.56 Å². The van der Waals surface area contributed by atoms with E-state index in [0.29, 0.717) is 0 Å². The molecule has 0 radical (unpaired) electrons. The minimum Gasteiger partial charge on any atom is -0.457 e. The fourth-order valence-electron chi connectivity index (χ4n) is 1.08. The normalized spacial score (nSPS) is 9.89. The Labute approximate surface area is 119 Å². The summed E-state index contributed by atoms with van der Waals surface area (Å²) in [7, 11) is 0. The molecule has 0 saturated carbocycles. The lowest BCUT2D eigenvalue weighted by Gasteiger charge is -2.05. The summed E-state index contributed by atoms with van der Waals surface area (Å²) in [5.74, 6) is 1.58. The van der Waals surface area contributed by atoms with Crippen LogP contribution in [0.25, 0.3) is 0 Å². The molecule has 1 aromatic rings. The van der Waals surface area contributed by atoms with E-state index in [1.807, 2.05) is 84.0 Å². The molecule has 1 nitrogen and oxygen atoms in total. The lowest BCUT2D eigenvalue weighted by molar-refractivity contribution is 0.445. The van der Waals surface area contributed by atoms with Crippen molar-refractivity contribution in [2.45, 2.75) is 41.5 Å². The topological polar surface area (TPSA) is 9.23 Å². The Balaban J connectivity index is 0. The molecule has 106 valence electrons. The monoisotopic (exact) mass is 260 g/mol. The first-order valence-electron chi connectivity index (χ1n) is 6.96. The van der Waals surface area contributed by atoms with Gasteiger partial charge in [-0.3, -0.25) is 0 Å². The highest BCUT2D eigenvalue weighted by atomic mass is 16.5. The van der Waals surface area contributed by atoms with Crippen LogP contribution >= 0.6 is 0 Å². The van der Waals surface area contributed by atoms with Gasteiger partial charge in [0, 0.05) is 0 Å². The Kier molecular flexibility index (Phi) is 14.7. The average molecular weight is 260 g/mol. The Morgan fingerprint density at radius 1 is 1.05 bits per heavy atom. The summed E-state index contributed by atoms with van der Waals surface area (Å²) in [5, 5.41) is 0. The van der Waals surface area contributed by atoms with E-state index < -0.39 is 0 Å². The summed E-state index contributed by atoms with van der Waals surface area (Å²) in [4.78, 5) is 0. The van der Waals surface area contributed by atoms with Crippen molar-refractivity contribution in [1.29, 1.82) is 0 Å². The van der Waals surface area contributed by atoms with Crippen LogP contribution in [0.2, 0.25) is 0 Å². The molecule has 1 aromatic carbocycles. The van der Waals surface area contributed by atoms with E-state index in [9.17, 15) is 0 Å². The number of benzene rings is 1. The van der Waals surface area contributed by atoms with Crippen LogP contribution < -0.4 is 4.74 Å². The molecule has 19 heavy (non-hydrogen) atoms. The third-order valence-electron chi connectivity index (χ3n) is 1.91. The van der Waals surface area contributed by atoms with Crippen molar-refractivity contribution < 1.29 is 4.74 Å². The summed E-state index contributed by atoms with van der Waals surface area (Å²) >= 11 is 0. The number of hydrogen-bond acceptors (Lipinski definition) is 1. The number of hydrogen-bond donors (Lipinski definition) is 0. The van der Waals surface area contributed by atoms with Crippen LogP contribution in [-0.4, -0.2) is 0 Å². The van der Waals surface area contributed by atoms with Gasteiger partial charge in [-0.15, -0.1) is 0 Å². The molecule has 0 aromatic heterocycles. The molecule has 0 fully saturated rings. The van der Waals surface area contributed by atoms with Gasteiger partial charge in [0.25, 0.3) is 0 Å². The van der Waals surface area contributed by atoms with Crippen molar-refractivity contribution in [3.8, 4) is 5.75 Å². The molecule has 0 heterocycles. The van der Waals surface area contributed by atoms with Crippen molar-refractivity contribution in [1.82, 2.24) is 0 Å². The van der Waals surface area contributed by atoms with Gasteiger partial charge in [0.05, 0.1) is 0 Å². The number of rotatable bonds is 4. The van der Waals surface area contributed by atoms with E-state index in [-0.39, 0.29) is 0 Å². The Morgan fingerprint density at radius 2 is 1.58 bits per heavy atom. The fourth-order valence-corrected chi connectivity index (χ4v) is 1.08. The van der Waals surface area contributed by atoms with Crippen LogP contribution in [0.4, 0.5) is 0 Å². The van der Waals surface area contributed by atoms with Gasteiger partial charge in [0.15, 0.2) is 0 Å². The largest absolute Gasteiger partial charge is 0.457 e. The molecule has 1 heteroatoms. The van der Waals surface area contributed by atoms with Gasteiger partial charge >= 0.3 is 0 Å². The fraction of sp³-hybridized carbons (Fsp3) is 0.333. The maximum atomic E-state index is 5.61. The molecule has 1 rings (SSSR count). The quantitative estimate of drug-likeness (QED) is 0.471. The lowest BCUT2D eigenvalue weighted by atomic mass is 10.2. The first kappa shape index (κ1) is 19.6. The van der Waals surface area contributed by atoms with Crippen LogP contribution in [0.1, 0.15) is 40.2 Å². The third-order valence-corrected chi connectivity index (χ3v) is 1.91. The number of ether oxygens (including phenoxy) is 1. The highest BCUT2D eigenvalue weighted by Crippen LogP contribution is 2.15. The van der Waals surface area contributed by atoms with E-state index >= 15 is 0 Å². The first-order chi connectivity index (χ1) is 9.26. The molecule has 0 aliphatic rings. The summed E-state index contributed by atoms with van der Waals surface area (Å²) in [6.45, 7) is 15.7. The van der Waals surface area contributed by atoms with Gasteiger partial charge in [0.1, 0.15) is 11.5 Å². The van der Waals surface area contributed by atoms with Gasteiger partial charge in [-0.05, 0) is 38.1 Å². The maximum absolute atomic E-state index is 5.61. The predicted octanol–water partition coefficient (Wildman–Crippen LogP) is 6.07. The van der Waals surface area contributed by atoms with E-state index in [2.05, 4.69) is 6.58 Å². The molecule has 0 unspecified atom stereocenters. The maximum Gasteiger partial charge on any atom is 0.127 e. The summed E-state index contributed by atoms with van der Waals surface area (Å²) in [6, 6.07) is 7.93. The van der Waals surface area contributed by atoms with Crippen molar-refractivity contribution in [2.24, 2.45) is 0 Å². The third kappa shape index (κ3) is 9.90. The minimum atomic E-state index is 0.747. The Bertz CT molecular complexity index is 369. The highest BCUT2D eigenvalue weighted by molar-refractivity contribution is 5.30. The Morgan fingerprint density at radius 3 is 2.00 bits per heavy atom. The summed E-state index contributed by atoms with van der Waals surface area (Å²) in [6.07, 6.45) is 7.44. The molecule has 0 spiro atoms. The Hall–Kier alpha value is -1.76. The second-order valence-electron chi connectivity index (χ2n) is 3.21. The summed E-state index contributed by atoms with van der Waals surface area (Å²) < 4.78 is 5.61. The molecule has 0 N–H and O–H groups in total. The van der Waals surface area contributed by atoms with Crippen molar-refractivity contribution in [2.75, 3.05) is 0 Å². The van der Waals surface area contributed by atoms with Crippen molar-refractivity contribution >= 4 is 0 Å². The second kappa shape index (κ2) is 14.3. The van der Waals surface area contributed by atoms with Crippen LogP contribution in [0.5, 0.6) is 5.75 Å². The molecule has 0 saturated heterocycles. The predicted molar refractivity (Wildman–Crippen MR) is 87.6 cm³/mol. The van der Waals surface area contributed by atoms with Crippen LogP contribution in [-0.2, 0) is 0 Å². The van der Waals surface area contributed by atoms with Gasteiger partial charge in [0.2, 0.25) is 0 Å². The summed E-state index contributed by atoms with van der Waals surface area (Å²) in [5.41, 5.74) is 1.22. The van der Waals surface area contributed by atoms with Crippen LogP contribution in [0, 0.1) is 6.92 Å². The second-order valence-corrected chi connectivity index (χ2v) is 3.21. The molecule has 0 bridgehead atoms. The molecule has 0 amide bonds. The standard InChI is InChI=1S/C14H16O.2C2H6/c1-4-6-7-13(5-2)15-14-10-8-12(3)9-11-14;2*1-2/h4-11H,2H2,1,3H3;2*1-2H3/b6-4-,13-7+;;. The van der Waals surface area contributed by atoms with Gasteiger partial charge in [-0.2, -0.15) is 0 Å². The van der Waals surface area contributed by atoms with Crippen LogP contribution in [0.3, 0.4) is 0 Å². The zero-order valence-corrected chi connectivity index (χ0v) is 13.2. The van der Waals surface area contributed by atoms with E-state index in [4.69, 9.17) is 4.74 Å². The van der Waals surface area contributed by atoms with Crippen molar-refractivity contribution in [3.63, 3.8) is 0 Å². The molecule has 0 atom stereocenters. The average Bonchev–Trinajstić information content (AvgIpc) is 2.49. The SMILES string of the molecule is C=C/C(=C\C=C/C)Oc1ccc(C)cc1.CC.CC. The zero-order valence-electron chi connectivity index (χ0n) is 13.2. The first-order valence-corrected chi connectivity index (χ1v) is 6.96. The molecular formula is C18H28O. The van der Waals surface area contributed by atoms with E-state index in [1.54, 1.807) is 6.08 Å². The molecule has 0 aliphatic carbocycles. The van der Waals surface area contributed by atoms with Gasteiger partial charge < -0.3 is 4.74 Å². The molecule has 0 aliphatic heterocycles. The zero-order chi connectivity index (χ0) is 15.1. The number of allylic oxidation sites excluding steroid dienone is 4. The smallest absolute Gasteiger partial charge is 0.127 e. The van der Waals surface area contributed by atoms with Gasteiger partial charge in [-0.25, -0.2) is 0 Å². The molecular weight excluding hydrogens is 232 g/mol. The minimum absolute atomic E-state index is 0.747. The van der Waals surface area contributed by atoms with Crippen molar-refractivity contribution in [3.05, 3.63) is 66.5 Å². The van der Waals surface area contributed by atoms with E-state index in [0.717, 1.165) is 11.5 Å².